The molecular formula is C14H21N5. The lowest BCUT2D eigenvalue weighted by Crippen LogP contribution is -2.45. The van der Waals surface area contributed by atoms with Gasteiger partial charge in [-0.25, -0.2) is 0 Å². The molecule has 2 N–H and O–H groups in total. The molecule has 0 atom stereocenters. The first-order valence-corrected chi connectivity index (χ1v) is 6.84. The van der Waals surface area contributed by atoms with Crippen molar-refractivity contribution < 1.29 is 0 Å². The van der Waals surface area contributed by atoms with Crippen LogP contribution in [0.3, 0.4) is 0 Å². The van der Waals surface area contributed by atoms with Crippen LogP contribution in [-0.4, -0.2) is 59.4 Å². The van der Waals surface area contributed by atoms with Crippen molar-refractivity contribution in [3.8, 4) is 0 Å². The molecule has 1 aliphatic rings. The van der Waals surface area contributed by atoms with Gasteiger partial charge in [0.2, 0.25) is 0 Å². The number of nitrogens with zero attached hydrogens (tertiary/aromatic N) is 4. The van der Waals surface area contributed by atoms with Crippen molar-refractivity contribution in [2.75, 3.05) is 45.5 Å². The molecule has 3 rings (SSSR count). The maximum absolute atomic E-state index is 5.85. The minimum absolute atomic E-state index is 0.800. The summed E-state index contributed by atoms with van der Waals surface area (Å²) in [5.74, 6) is 0. The van der Waals surface area contributed by atoms with Crippen LogP contribution in [0.1, 0.15) is 0 Å². The number of piperazine rings is 1. The first-order valence-electron chi connectivity index (χ1n) is 6.84. The normalized spacial score (nSPS) is 18.2. The summed E-state index contributed by atoms with van der Waals surface area (Å²) in [7, 11) is 2.18. The zero-order chi connectivity index (χ0) is 13.2. The largest absolute Gasteiger partial charge is 0.399 e. The Bertz CT molecular complexity index is 554. The number of rotatable bonds is 3. The lowest BCUT2D eigenvalue weighted by molar-refractivity contribution is 0.149. The van der Waals surface area contributed by atoms with Crippen LogP contribution in [-0.2, 0) is 6.54 Å². The second-order valence-corrected chi connectivity index (χ2v) is 5.33. The summed E-state index contributed by atoms with van der Waals surface area (Å²) >= 11 is 0. The highest BCUT2D eigenvalue weighted by Crippen LogP contribution is 2.17. The Hall–Kier alpha value is -1.59. The maximum Gasteiger partial charge on any atom is 0.0703 e. The van der Waals surface area contributed by atoms with Crippen LogP contribution in [0, 0.1) is 0 Å². The van der Waals surface area contributed by atoms with E-state index in [1.54, 1.807) is 0 Å². The third-order valence-corrected chi connectivity index (χ3v) is 3.89. The fraction of sp³-hybridized carbons (Fsp3) is 0.500. The average Bonchev–Trinajstić information content (AvgIpc) is 2.80. The smallest absolute Gasteiger partial charge is 0.0703 e. The van der Waals surface area contributed by atoms with E-state index in [0.717, 1.165) is 55.9 Å². The van der Waals surface area contributed by atoms with E-state index in [-0.39, 0.29) is 0 Å². The van der Waals surface area contributed by atoms with Crippen LogP contribution >= 0.6 is 0 Å². The summed E-state index contributed by atoms with van der Waals surface area (Å²) in [5, 5.41) is 5.62. The van der Waals surface area contributed by atoms with Gasteiger partial charge in [-0.05, 0) is 25.2 Å². The standard InChI is InChI=1S/C14H21N5/c1-17-4-6-18(7-5-17)8-9-19-14-10-13(15)3-2-12(14)11-16-19/h2-3,10-11H,4-9,15H2,1H3. The van der Waals surface area contributed by atoms with Crippen molar-refractivity contribution in [2.45, 2.75) is 6.54 Å². The first-order chi connectivity index (χ1) is 9.22. The molecule has 1 fully saturated rings. The molecule has 0 bridgehead atoms. The van der Waals surface area contributed by atoms with Crippen LogP contribution in [0.2, 0.25) is 0 Å². The van der Waals surface area contributed by atoms with E-state index in [2.05, 4.69) is 26.6 Å². The van der Waals surface area contributed by atoms with E-state index >= 15 is 0 Å². The molecule has 5 heteroatoms. The molecular weight excluding hydrogens is 238 g/mol. The minimum atomic E-state index is 0.800. The molecule has 1 saturated heterocycles. The molecule has 0 aliphatic carbocycles. The number of aromatic nitrogens is 2. The van der Waals surface area contributed by atoms with Crippen LogP contribution in [0.5, 0.6) is 0 Å². The van der Waals surface area contributed by atoms with Gasteiger partial charge in [-0.15, -0.1) is 0 Å². The quantitative estimate of drug-likeness (QED) is 0.831. The van der Waals surface area contributed by atoms with Crippen LogP contribution in [0.25, 0.3) is 10.9 Å². The topological polar surface area (TPSA) is 50.3 Å². The summed E-state index contributed by atoms with van der Waals surface area (Å²) in [5.41, 5.74) is 7.78. The molecule has 19 heavy (non-hydrogen) atoms. The van der Waals surface area contributed by atoms with Crippen molar-refractivity contribution >= 4 is 16.6 Å². The van der Waals surface area contributed by atoms with Gasteiger partial charge < -0.3 is 10.6 Å². The van der Waals surface area contributed by atoms with Crippen LogP contribution < -0.4 is 5.73 Å². The number of benzene rings is 1. The minimum Gasteiger partial charge on any atom is -0.399 e. The fourth-order valence-corrected chi connectivity index (χ4v) is 2.57. The number of hydrogen-bond donors (Lipinski definition) is 1. The van der Waals surface area contributed by atoms with Gasteiger partial charge in [-0.1, -0.05) is 0 Å². The molecule has 0 radical (unpaired) electrons. The van der Waals surface area contributed by atoms with Crippen molar-refractivity contribution in [3.05, 3.63) is 24.4 Å². The monoisotopic (exact) mass is 259 g/mol. The highest BCUT2D eigenvalue weighted by Gasteiger charge is 2.13. The first kappa shape index (κ1) is 12.4. The molecule has 1 aliphatic heterocycles. The third kappa shape index (κ3) is 2.72. The number of anilines is 1. The summed E-state index contributed by atoms with van der Waals surface area (Å²) in [6, 6.07) is 5.96. The second-order valence-electron chi connectivity index (χ2n) is 5.33. The number of nitrogens with two attached hydrogens (primary N) is 1. The van der Waals surface area contributed by atoms with Gasteiger partial charge in [-0.2, -0.15) is 5.10 Å². The molecule has 0 amide bonds. The fourth-order valence-electron chi connectivity index (χ4n) is 2.57. The number of fused-ring (bicyclic) bond motifs is 1. The summed E-state index contributed by atoms with van der Waals surface area (Å²) in [4.78, 5) is 4.88. The van der Waals surface area contributed by atoms with Gasteiger partial charge >= 0.3 is 0 Å². The molecule has 2 heterocycles. The van der Waals surface area contributed by atoms with Crippen molar-refractivity contribution in [1.82, 2.24) is 19.6 Å². The SMILES string of the molecule is CN1CCN(CCn2ncc3ccc(N)cc32)CC1. The lowest BCUT2D eigenvalue weighted by Gasteiger charge is -2.32. The summed E-state index contributed by atoms with van der Waals surface area (Å²) in [6.45, 7) is 6.60. The van der Waals surface area contributed by atoms with E-state index in [4.69, 9.17) is 5.73 Å². The number of nitrogen functional groups attached to an aromatic ring is 1. The number of likely N-dealkylation sites (N-methyl/N-ethyl adjacent to an activating group) is 1. The van der Waals surface area contributed by atoms with Crippen molar-refractivity contribution in [2.24, 2.45) is 0 Å². The van der Waals surface area contributed by atoms with E-state index in [1.165, 1.54) is 0 Å². The Morgan fingerprint density at radius 1 is 1.16 bits per heavy atom. The Morgan fingerprint density at radius 3 is 2.74 bits per heavy atom. The van der Waals surface area contributed by atoms with Crippen molar-refractivity contribution in [1.29, 1.82) is 0 Å². The van der Waals surface area contributed by atoms with Crippen LogP contribution in [0.4, 0.5) is 5.69 Å². The third-order valence-electron chi connectivity index (χ3n) is 3.89. The lowest BCUT2D eigenvalue weighted by atomic mass is 10.2. The molecule has 5 nitrogen and oxygen atoms in total. The van der Waals surface area contributed by atoms with Gasteiger partial charge in [-0.3, -0.25) is 9.58 Å². The Morgan fingerprint density at radius 2 is 1.95 bits per heavy atom. The predicted molar refractivity (Wildman–Crippen MR) is 78.1 cm³/mol. The highest BCUT2D eigenvalue weighted by molar-refractivity contribution is 5.81. The highest BCUT2D eigenvalue weighted by atomic mass is 15.3. The molecule has 102 valence electrons. The van der Waals surface area contributed by atoms with E-state index in [0.29, 0.717) is 0 Å². The zero-order valence-corrected chi connectivity index (χ0v) is 11.4. The van der Waals surface area contributed by atoms with Crippen LogP contribution in [0.15, 0.2) is 24.4 Å². The molecule has 2 aromatic rings. The Labute approximate surface area is 113 Å². The number of hydrogen-bond acceptors (Lipinski definition) is 4. The van der Waals surface area contributed by atoms with Gasteiger partial charge in [0.05, 0.1) is 18.3 Å². The van der Waals surface area contributed by atoms with E-state index in [1.807, 2.05) is 24.4 Å². The van der Waals surface area contributed by atoms with Gasteiger partial charge in [0.1, 0.15) is 0 Å². The zero-order valence-electron chi connectivity index (χ0n) is 11.4. The predicted octanol–water partition coefficient (Wildman–Crippen LogP) is 0.866. The van der Waals surface area contributed by atoms with E-state index < -0.39 is 0 Å². The molecule has 0 spiro atoms. The second kappa shape index (κ2) is 5.19. The molecule has 1 aromatic heterocycles. The van der Waals surface area contributed by atoms with Crippen molar-refractivity contribution in [3.63, 3.8) is 0 Å². The summed E-state index contributed by atoms with van der Waals surface area (Å²) in [6.07, 6.45) is 1.92. The average molecular weight is 259 g/mol. The summed E-state index contributed by atoms with van der Waals surface area (Å²) < 4.78 is 2.06. The molecule has 0 unspecified atom stereocenters. The van der Waals surface area contributed by atoms with Gasteiger partial charge in [0.25, 0.3) is 0 Å². The molecule has 0 saturated carbocycles. The van der Waals surface area contributed by atoms with Gasteiger partial charge in [0.15, 0.2) is 0 Å². The molecule has 1 aromatic carbocycles. The van der Waals surface area contributed by atoms with E-state index in [9.17, 15) is 0 Å². The Kier molecular flexibility index (Phi) is 3.40. The maximum atomic E-state index is 5.85. The Balaban J connectivity index is 1.67. The van der Waals surface area contributed by atoms with Gasteiger partial charge in [0, 0.05) is 43.8 Å².